The number of hydrogen-bond donors (Lipinski definition) is 5. The molecule has 3 aromatic carbocycles. The number of alkyl halides is 4. The van der Waals surface area contributed by atoms with E-state index in [0.717, 1.165) is 80.8 Å². The zero-order valence-corrected chi connectivity index (χ0v) is 33.3. The fourth-order valence-electron chi connectivity index (χ4n) is 7.88. The van der Waals surface area contributed by atoms with Crippen LogP contribution in [-0.2, 0) is 26.7 Å². The van der Waals surface area contributed by atoms with E-state index in [0.29, 0.717) is 23.7 Å². The summed E-state index contributed by atoms with van der Waals surface area (Å²) in [4.78, 5) is 55.6. The van der Waals surface area contributed by atoms with Gasteiger partial charge in [0.25, 0.3) is 5.91 Å². The van der Waals surface area contributed by atoms with Crippen LogP contribution in [0.1, 0.15) is 85.6 Å². The smallest absolute Gasteiger partial charge is 0.349 e. The summed E-state index contributed by atoms with van der Waals surface area (Å²) in [6.45, 7) is 5.37. The average molecular weight is 818 g/mol. The second-order valence-corrected chi connectivity index (χ2v) is 15.7. The number of anilines is 1. The van der Waals surface area contributed by atoms with Gasteiger partial charge in [-0.2, -0.15) is 22.7 Å². The number of rotatable bonds is 16. The molecule has 6 rings (SSSR count). The van der Waals surface area contributed by atoms with Crippen LogP contribution < -0.4 is 21.7 Å². The minimum absolute atomic E-state index is 0.0240. The van der Waals surface area contributed by atoms with Crippen molar-refractivity contribution in [3.05, 3.63) is 89.2 Å². The number of benzene rings is 3. The largest absolute Gasteiger partial charge is 0.375 e. The Kier molecular flexibility index (Phi) is 13.8. The van der Waals surface area contributed by atoms with Gasteiger partial charge in [0.1, 0.15) is 5.78 Å². The van der Waals surface area contributed by atoms with Gasteiger partial charge in [0.15, 0.2) is 5.82 Å². The number of carbonyl (C=O) groups is 4. The number of nitrogens with zero attached hydrogens (tertiary/aromatic N) is 2. The summed E-state index contributed by atoms with van der Waals surface area (Å²) in [6.07, 6.45) is 4.50. The molecule has 1 saturated carbocycles. The van der Waals surface area contributed by atoms with Gasteiger partial charge in [-0.1, -0.05) is 37.3 Å². The van der Waals surface area contributed by atoms with Crippen LogP contribution in [0.2, 0.25) is 0 Å². The van der Waals surface area contributed by atoms with Crippen molar-refractivity contribution in [1.29, 1.82) is 0 Å². The van der Waals surface area contributed by atoms with Crippen molar-refractivity contribution in [3.63, 3.8) is 0 Å². The third-order valence-electron chi connectivity index (χ3n) is 11.6. The minimum Gasteiger partial charge on any atom is -0.349 e. The van der Waals surface area contributed by atoms with E-state index in [1.807, 2.05) is 54.5 Å². The van der Waals surface area contributed by atoms with E-state index < -0.39 is 35.8 Å². The third kappa shape index (κ3) is 10.1. The predicted molar refractivity (Wildman–Crippen MR) is 216 cm³/mol. The first kappa shape index (κ1) is 43.3. The molecule has 1 aliphatic heterocycles. The highest BCUT2D eigenvalue weighted by Gasteiger charge is 2.64. The highest BCUT2D eigenvalue weighted by molar-refractivity contribution is 5.97. The number of H-pyrrole nitrogens is 1. The molecule has 2 heterocycles. The summed E-state index contributed by atoms with van der Waals surface area (Å²) in [5.41, 5.74) is 10.7. The van der Waals surface area contributed by atoms with Gasteiger partial charge in [0.05, 0.1) is 0 Å². The predicted octanol–water partition coefficient (Wildman–Crippen LogP) is 7.16. The quantitative estimate of drug-likeness (QED) is 0.0742. The number of carbonyl (C=O) groups excluding carboxylic acids is 4. The lowest BCUT2D eigenvalue weighted by Gasteiger charge is -2.27. The van der Waals surface area contributed by atoms with Crippen LogP contribution in [0.25, 0.3) is 22.5 Å². The summed E-state index contributed by atoms with van der Waals surface area (Å²) >= 11 is 0. The van der Waals surface area contributed by atoms with Crippen molar-refractivity contribution in [2.75, 3.05) is 25.0 Å². The van der Waals surface area contributed by atoms with Gasteiger partial charge < -0.3 is 21.7 Å². The van der Waals surface area contributed by atoms with E-state index in [4.69, 9.17) is 5.73 Å². The zero-order valence-electron chi connectivity index (χ0n) is 33.3. The second-order valence-electron chi connectivity index (χ2n) is 15.7. The van der Waals surface area contributed by atoms with Crippen LogP contribution in [-0.4, -0.2) is 70.2 Å². The Morgan fingerprint density at radius 3 is 2.17 bits per heavy atom. The highest BCUT2D eigenvalue weighted by atomic mass is 19.3. The number of aromatic nitrogens is 3. The topological polar surface area (TPSA) is 172 Å². The van der Waals surface area contributed by atoms with Gasteiger partial charge in [-0.25, -0.2) is 4.98 Å². The molecule has 0 spiro atoms. The fourth-order valence-corrected chi connectivity index (χ4v) is 7.88. The molecule has 15 heteroatoms. The third-order valence-corrected chi connectivity index (χ3v) is 11.6. The van der Waals surface area contributed by atoms with Crippen LogP contribution in [0.3, 0.4) is 0 Å². The number of amides is 2. The standard InChI is InChI=1S/C44H51F4N7O4/c1-3-38(57)43(45,46)44(47,48)42-53-39(54-55-42)31-12-15-34(16-13-31)51-41(59)33(24-37(56)30-10-6-28(25-49)7-11-30)23-27-4-8-29(9-5-27)36-17-14-32(22-26(36)2)40(58)52-35-18-20-50-21-19-35/h4-5,8-9,12-17,22,28,30,33,35,50H,3,6-7,10-11,18-21,23-25,49H2,1-2H3,(H,51,59)(H,52,58)(H,53,54,55)/t28?,30?,33-/m1/s1. The van der Waals surface area contributed by atoms with E-state index >= 15 is 0 Å². The maximum absolute atomic E-state index is 14.6. The molecule has 0 radical (unpaired) electrons. The molecule has 2 aliphatic rings. The maximum Gasteiger partial charge on any atom is 0.375 e. The summed E-state index contributed by atoms with van der Waals surface area (Å²) in [5, 5.41) is 14.8. The normalized spacial score (nSPS) is 18.2. The van der Waals surface area contributed by atoms with Crippen molar-refractivity contribution in [3.8, 4) is 22.5 Å². The van der Waals surface area contributed by atoms with Crippen molar-refractivity contribution in [2.45, 2.75) is 89.5 Å². The van der Waals surface area contributed by atoms with Crippen LogP contribution in [0.15, 0.2) is 66.7 Å². The van der Waals surface area contributed by atoms with E-state index in [-0.39, 0.29) is 53.8 Å². The second kappa shape index (κ2) is 18.8. The van der Waals surface area contributed by atoms with Gasteiger partial charge in [-0.3, -0.25) is 24.3 Å². The Balaban J connectivity index is 1.15. The number of piperidine rings is 1. The molecule has 1 saturated heterocycles. The van der Waals surface area contributed by atoms with E-state index in [2.05, 4.69) is 26.0 Å². The molecule has 11 nitrogen and oxygen atoms in total. The minimum atomic E-state index is -4.98. The van der Waals surface area contributed by atoms with Crippen LogP contribution >= 0.6 is 0 Å². The first-order chi connectivity index (χ1) is 28.2. The lowest BCUT2D eigenvalue weighted by molar-refractivity contribution is -0.216. The molecule has 59 heavy (non-hydrogen) atoms. The van der Waals surface area contributed by atoms with Crippen molar-refractivity contribution in [2.24, 2.45) is 23.5 Å². The first-order valence-electron chi connectivity index (χ1n) is 20.3. The fraction of sp³-hybridized carbons (Fsp3) is 0.455. The number of ketones is 2. The van der Waals surface area contributed by atoms with Gasteiger partial charge >= 0.3 is 11.8 Å². The number of aromatic amines is 1. The molecule has 1 aromatic heterocycles. The van der Waals surface area contributed by atoms with Crippen LogP contribution in [0.4, 0.5) is 23.2 Å². The Morgan fingerprint density at radius 1 is 0.881 bits per heavy atom. The van der Waals surface area contributed by atoms with Gasteiger partial charge in [-0.15, -0.1) is 0 Å². The average Bonchev–Trinajstić information content (AvgIpc) is 3.75. The monoisotopic (exact) mass is 817 g/mol. The number of Topliss-reactive ketones (excluding diaryl/α,β-unsaturated/α-hetero) is 2. The van der Waals surface area contributed by atoms with Crippen molar-refractivity contribution < 1.29 is 36.7 Å². The molecule has 2 amide bonds. The molecule has 4 aromatic rings. The molecule has 0 bridgehead atoms. The maximum atomic E-state index is 14.6. The van der Waals surface area contributed by atoms with Gasteiger partial charge in [0.2, 0.25) is 17.5 Å². The van der Waals surface area contributed by atoms with Crippen LogP contribution in [0, 0.1) is 24.7 Å². The number of hydrogen-bond acceptors (Lipinski definition) is 8. The lowest BCUT2D eigenvalue weighted by atomic mass is 9.77. The Hall–Kier alpha value is -5.28. The Morgan fingerprint density at radius 2 is 1.54 bits per heavy atom. The van der Waals surface area contributed by atoms with Crippen LogP contribution in [0.5, 0.6) is 0 Å². The summed E-state index contributed by atoms with van der Waals surface area (Å²) in [6, 6.07) is 19.4. The Bertz CT molecular complexity index is 2110. The van der Waals surface area contributed by atoms with E-state index in [1.54, 1.807) is 0 Å². The highest BCUT2D eigenvalue weighted by Crippen LogP contribution is 2.43. The molecule has 314 valence electrons. The van der Waals surface area contributed by atoms with Gasteiger partial charge in [-0.05, 0) is 136 Å². The van der Waals surface area contributed by atoms with E-state index in [9.17, 15) is 36.7 Å². The number of halogens is 4. The SMILES string of the molecule is CCC(=O)C(F)(F)C(F)(F)c1nc(-c2ccc(NC(=O)[C@@H](CC(=O)C3CCC(CN)CC3)Cc3ccc(-c4ccc(C(=O)NC5CCNCC5)cc4C)cc3)cc2)n[nH]1. The molecular weight excluding hydrogens is 767 g/mol. The number of aryl methyl sites for hydroxylation is 1. The number of nitrogens with one attached hydrogen (secondary N) is 4. The number of nitrogens with two attached hydrogens (primary N) is 1. The van der Waals surface area contributed by atoms with E-state index in [1.165, 1.54) is 24.3 Å². The van der Waals surface area contributed by atoms with Crippen molar-refractivity contribution >= 4 is 29.1 Å². The molecule has 1 atom stereocenters. The summed E-state index contributed by atoms with van der Waals surface area (Å²) < 4.78 is 57.6. The molecule has 2 fully saturated rings. The first-order valence-corrected chi connectivity index (χ1v) is 20.3. The van der Waals surface area contributed by atoms with Gasteiger partial charge in [0, 0.05) is 47.5 Å². The molecule has 0 unspecified atom stereocenters. The summed E-state index contributed by atoms with van der Waals surface area (Å²) in [5.74, 6) is -14.5. The summed E-state index contributed by atoms with van der Waals surface area (Å²) in [7, 11) is 0. The van der Waals surface area contributed by atoms with Crippen molar-refractivity contribution in [1.82, 2.24) is 25.8 Å². The molecular formula is C44H51F4N7O4. The molecule has 1 aliphatic carbocycles. The molecule has 6 N–H and O–H groups in total. The Labute approximate surface area is 340 Å². The lowest BCUT2D eigenvalue weighted by Crippen LogP contribution is -2.45. The zero-order chi connectivity index (χ0) is 42.3.